The number of nitrogens with one attached hydrogen (secondary N) is 1. The van der Waals surface area contributed by atoms with E-state index >= 15 is 0 Å². The van der Waals surface area contributed by atoms with Gasteiger partial charge in [-0.15, -0.1) is 0 Å². The largest absolute Gasteiger partial charge is 0.378 e. The maximum Gasteiger partial charge on any atom is 0.249 e. The van der Waals surface area contributed by atoms with Crippen LogP contribution in [0.2, 0.25) is 0 Å². The van der Waals surface area contributed by atoms with Crippen molar-refractivity contribution in [1.29, 1.82) is 5.26 Å². The normalized spacial score (nSPS) is 26.1. The number of hydrogen-bond acceptors (Lipinski definition) is 7. The Labute approximate surface area is 181 Å². The van der Waals surface area contributed by atoms with Crippen molar-refractivity contribution < 1.29 is 9.53 Å². The molecule has 2 saturated heterocycles. The average molecular weight is 419 g/mol. The summed E-state index contributed by atoms with van der Waals surface area (Å²) < 4.78 is 5.41. The van der Waals surface area contributed by atoms with Gasteiger partial charge in [-0.25, -0.2) is 4.98 Å². The second-order valence-electron chi connectivity index (χ2n) is 8.60. The zero-order valence-electron chi connectivity index (χ0n) is 17.6. The minimum absolute atomic E-state index is 0.0664. The number of morpholine rings is 1. The van der Waals surface area contributed by atoms with Gasteiger partial charge in [-0.05, 0) is 62.4 Å². The molecule has 8 nitrogen and oxygen atoms in total. The molecular formula is C23H26N6O2. The quantitative estimate of drug-likeness (QED) is 0.797. The first kappa shape index (κ1) is 19.8. The number of nitriles is 1. The summed E-state index contributed by atoms with van der Waals surface area (Å²) in [4.78, 5) is 26.1. The Balaban J connectivity index is 1.33. The lowest BCUT2D eigenvalue weighted by Crippen LogP contribution is -2.37. The van der Waals surface area contributed by atoms with Crippen LogP contribution in [0.5, 0.6) is 0 Å². The fourth-order valence-electron chi connectivity index (χ4n) is 4.74. The van der Waals surface area contributed by atoms with Crippen LogP contribution in [0.15, 0.2) is 36.5 Å². The zero-order valence-corrected chi connectivity index (χ0v) is 17.6. The lowest BCUT2D eigenvalue weighted by molar-refractivity contribution is -0.123. The molecule has 1 aromatic carbocycles. The molecule has 1 aliphatic carbocycles. The molecule has 5 rings (SSSR count). The molecule has 8 heteroatoms. The van der Waals surface area contributed by atoms with Crippen LogP contribution >= 0.6 is 0 Å². The summed E-state index contributed by atoms with van der Waals surface area (Å²) in [6.07, 6.45) is 4.12. The second-order valence-corrected chi connectivity index (χ2v) is 8.60. The summed E-state index contributed by atoms with van der Waals surface area (Å²) >= 11 is 0. The third-order valence-corrected chi connectivity index (χ3v) is 6.52. The van der Waals surface area contributed by atoms with Gasteiger partial charge >= 0.3 is 0 Å². The summed E-state index contributed by atoms with van der Waals surface area (Å²) in [7, 11) is 0. The van der Waals surface area contributed by atoms with Crippen molar-refractivity contribution in [2.24, 2.45) is 11.3 Å². The monoisotopic (exact) mass is 418 g/mol. The van der Waals surface area contributed by atoms with E-state index < -0.39 is 5.41 Å². The Hall–Kier alpha value is -3.18. The smallest absolute Gasteiger partial charge is 0.249 e. The molecule has 2 atom stereocenters. The Morgan fingerprint density at radius 3 is 2.61 bits per heavy atom. The molecule has 0 unspecified atom stereocenters. The molecular weight excluding hydrogens is 392 g/mol. The SMILES string of the molecule is C[C@@H]1C[C@@](C#N)(C2CC2)C(=O)N1c1ccnc(Nc2ccc(N3CCOCC3)cc2)n1. The Bertz CT molecular complexity index is 1010. The molecule has 1 N–H and O–H groups in total. The van der Waals surface area contributed by atoms with E-state index in [0.717, 1.165) is 50.5 Å². The molecule has 31 heavy (non-hydrogen) atoms. The maximum atomic E-state index is 13.2. The van der Waals surface area contributed by atoms with Crippen LogP contribution in [-0.2, 0) is 9.53 Å². The van der Waals surface area contributed by atoms with E-state index in [-0.39, 0.29) is 17.9 Å². The fraction of sp³-hybridized carbons (Fsp3) is 0.478. The fourth-order valence-corrected chi connectivity index (χ4v) is 4.74. The summed E-state index contributed by atoms with van der Waals surface area (Å²) in [5.74, 6) is 1.03. The van der Waals surface area contributed by atoms with Crippen molar-refractivity contribution in [3.8, 4) is 6.07 Å². The average Bonchev–Trinajstić information content (AvgIpc) is 3.61. The topological polar surface area (TPSA) is 94.4 Å². The van der Waals surface area contributed by atoms with Gasteiger partial charge in [-0.2, -0.15) is 10.2 Å². The number of aromatic nitrogens is 2. The van der Waals surface area contributed by atoms with E-state index in [9.17, 15) is 10.1 Å². The van der Waals surface area contributed by atoms with Crippen LogP contribution < -0.4 is 15.1 Å². The molecule has 2 aromatic rings. The lowest BCUT2D eigenvalue weighted by atomic mass is 9.81. The molecule has 160 valence electrons. The van der Waals surface area contributed by atoms with Crippen molar-refractivity contribution in [1.82, 2.24) is 9.97 Å². The summed E-state index contributed by atoms with van der Waals surface area (Å²) in [5, 5.41) is 13.0. The summed E-state index contributed by atoms with van der Waals surface area (Å²) in [6.45, 7) is 5.28. The van der Waals surface area contributed by atoms with Crippen LogP contribution in [0.1, 0.15) is 26.2 Å². The molecule has 1 aromatic heterocycles. The van der Waals surface area contributed by atoms with Gasteiger partial charge in [0.15, 0.2) is 0 Å². The van der Waals surface area contributed by atoms with Crippen LogP contribution in [-0.4, -0.2) is 48.2 Å². The van der Waals surface area contributed by atoms with Gasteiger partial charge < -0.3 is 15.0 Å². The third kappa shape index (κ3) is 3.59. The predicted octanol–water partition coefficient (Wildman–Crippen LogP) is 3.10. The molecule has 3 fully saturated rings. The van der Waals surface area contributed by atoms with Gasteiger partial charge in [-0.3, -0.25) is 9.69 Å². The minimum atomic E-state index is -0.896. The van der Waals surface area contributed by atoms with Crippen molar-refractivity contribution in [3.05, 3.63) is 36.5 Å². The standard InChI is InChI=1S/C23H26N6O2/c1-16-14-23(15-24,17-2-3-17)21(30)29(16)20-8-9-25-22(27-20)26-18-4-6-19(7-5-18)28-10-12-31-13-11-28/h4-9,16-17H,2-3,10-14H2,1H3,(H,25,26,27)/t16-,23-/m1/s1. The van der Waals surface area contributed by atoms with Gasteiger partial charge in [0.25, 0.3) is 0 Å². The van der Waals surface area contributed by atoms with E-state index in [4.69, 9.17) is 4.74 Å². The number of carbonyl (C=O) groups excluding carboxylic acids is 1. The van der Waals surface area contributed by atoms with Crippen LogP contribution in [0.3, 0.4) is 0 Å². The first-order valence-corrected chi connectivity index (χ1v) is 10.9. The highest BCUT2D eigenvalue weighted by Crippen LogP contribution is 2.53. The van der Waals surface area contributed by atoms with Gasteiger partial charge in [0.2, 0.25) is 11.9 Å². The highest BCUT2D eigenvalue weighted by atomic mass is 16.5. The van der Waals surface area contributed by atoms with Gasteiger partial charge in [0.05, 0.1) is 19.3 Å². The number of benzene rings is 1. The van der Waals surface area contributed by atoms with E-state index in [2.05, 4.69) is 38.4 Å². The lowest BCUT2D eigenvalue weighted by Gasteiger charge is -2.28. The summed E-state index contributed by atoms with van der Waals surface area (Å²) in [5.41, 5.74) is 1.14. The number of anilines is 4. The molecule has 2 aliphatic heterocycles. The molecule has 0 bridgehead atoms. The molecule has 0 spiro atoms. The number of carbonyl (C=O) groups is 1. The van der Waals surface area contributed by atoms with Crippen molar-refractivity contribution in [2.45, 2.75) is 32.2 Å². The van der Waals surface area contributed by atoms with E-state index in [1.165, 1.54) is 0 Å². The number of nitrogens with zero attached hydrogens (tertiary/aromatic N) is 5. The number of amides is 1. The molecule has 3 aliphatic rings. The highest BCUT2D eigenvalue weighted by molar-refractivity contribution is 6.02. The van der Waals surface area contributed by atoms with E-state index in [1.807, 2.05) is 19.1 Å². The number of hydrogen-bond donors (Lipinski definition) is 1. The van der Waals surface area contributed by atoms with Gasteiger partial charge in [0.1, 0.15) is 11.2 Å². The van der Waals surface area contributed by atoms with Crippen molar-refractivity contribution >= 4 is 29.0 Å². The first-order valence-electron chi connectivity index (χ1n) is 10.9. The highest BCUT2D eigenvalue weighted by Gasteiger charge is 2.59. The van der Waals surface area contributed by atoms with Crippen LogP contribution in [0.4, 0.5) is 23.1 Å². The Kier molecular flexibility index (Phi) is 4.98. The molecule has 1 saturated carbocycles. The molecule has 0 radical (unpaired) electrons. The predicted molar refractivity (Wildman–Crippen MR) is 117 cm³/mol. The second kappa shape index (κ2) is 7.82. The van der Waals surface area contributed by atoms with Crippen molar-refractivity contribution in [3.63, 3.8) is 0 Å². The zero-order chi connectivity index (χ0) is 21.4. The van der Waals surface area contributed by atoms with Crippen LogP contribution in [0, 0.1) is 22.7 Å². The first-order chi connectivity index (χ1) is 15.1. The number of ether oxygens (including phenoxy) is 1. The Morgan fingerprint density at radius 1 is 1.19 bits per heavy atom. The summed E-state index contributed by atoms with van der Waals surface area (Å²) in [6, 6.07) is 12.2. The van der Waals surface area contributed by atoms with Gasteiger partial charge in [0, 0.05) is 36.7 Å². The minimum Gasteiger partial charge on any atom is -0.378 e. The maximum absolute atomic E-state index is 13.2. The van der Waals surface area contributed by atoms with Gasteiger partial charge in [-0.1, -0.05) is 0 Å². The van der Waals surface area contributed by atoms with Crippen LogP contribution in [0.25, 0.3) is 0 Å². The third-order valence-electron chi connectivity index (χ3n) is 6.52. The molecule has 1 amide bonds. The van der Waals surface area contributed by atoms with E-state index in [1.54, 1.807) is 17.2 Å². The van der Waals surface area contributed by atoms with Crippen molar-refractivity contribution in [2.75, 3.05) is 41.4 Å². The number of rotatable bonds is 5. The molecule has 3 heterocycles. The van der Waals surface area contributed by atoms with E-state index in [0.29, 0.717) is 18.2 Å². The Morgan fingerprint density at radius 2 is 1.94 bits per heavy atom.